The van der Waals surface area contributed by atoms with E-state index in [1.165, 1.54) is 51.4 Å². The van der Waals surface area contributed by atoms with Crippen molar-refractivity contribution in [2.75, 3.05) is 6.61 Å². The molecular weight excluding hydrogens is 572 g/mol. The van der Waals surface area contributed by atoms with Crippen molar-refractivity contribution in [2.24, 2.45) is 17.8 Å². The molecule has 2 saturated heterocycles. The maximum Gasteiger partial charge on any atom is 0.284 e. The van der Waals surface area contributed by atoms with Crippen molar-refractivity contribution < 1.29 is 39.4 Å². The first-order valence-electron chi connectivity index (χ1n) is 16.7. The molecule has 244 valence electrons. The van der Waals surface area contributed by atoms with E-state index in [-0.39, 0.29) is 11.5 Å². The normalized spacial score (nSPS) is 46.4. The molecule has 0 spiro atoms. The third-order valence-corrected chi connectivity index (χ3v) is 12.2. The van der Waals surface area contributed by atoms with Gasteiger partial charge in [-0.05, 0) is 43.8 Å². The Morgan fingerprint density at radius 1 is 1.05 bits per heavy atom. The van der Waals surface area contributed by atoms with Gasteiger partial charge >= 0.3 is 0 Å². The molecule has 0 aromatic heterocycles. The fourth-order valence-electron chi connectivity index (χ4n) is 9.16. The van der Waals surface area contributed by atoms with Crippen molar-refractivity contribution in [1.82, 2.24) is 0 Å². The van der Waals surface area contributed by atoms with Gasteiger partial charge in [-0.1, -0.05) is 90.7 Å². The molecule has 2 heterocycles. The Balaban J connectivity index is 1.42. The highest BCUT2D eigenvalue weighted by Crippen LogP contribution is 2.70. The molecule has 4 N–H and O–H groups in total. The Bertz CT molecular complexity index is 1110. The van der Waals surface area contributed by atoms with Gasteiger partial charge in [0.1, 0.15) is 23.4 Å². The van der Waals surface area contributed by atoms with Gasteiger partial charge in [-0.2, -0.15) is 0 Å². The molecular formula is C34H53ClO8. The van der Waals surface area contributed by atoms with Crippen LogP contribution < -0.4 is 0 Å². The lowest BCUT2D eigenvalue weighted by molar-refractivity contribution is -0.428. The number of unbranched alkanes of at least 4 members (excludes halogenated alkanes) is 10. The summed E-state index contributed by atoms with van der Waals surface area (Å²) in [7, 11) is 0. The first kappa shape index (κ1) is 33.5. The number of carbonyl (C=O) groups is 1. The Labute approximate surface area is 261 Å². The summed E-state index contributed by atoms with van der Waals surface area (Å²) in [6.07, 6.45) is 12.8. The van der Waals surface area contributed by atoms with Crippen LogP contribution in [0.25, 0.3) is 0 Å². The number of ether oxygens (including phenoxy) is 3. The van der Waals surface area contributed by atoms with E-state index >= 15 is 0 Å². The number of ketones is 1. The highest BCUT2D eigenvalue weighted by Gasteiger charge is 2.83. The van der Waals surface area contributed by atoms with Gasteiger partial charge in [0.2, 0.25) is 0 Å². The van der Waals surface area contributed by atoms with Crippen molar-refractivity contribution in [3.8, 4) is 0 Å². The number of carbonyl (C=O) groups excluding carboxylic acids is 1. The van der Waals surface area contributed by atoms with Crippen LogP contribution in [0.1, 0.15) is 111 Å². The number of rotatable bonds is 14. The molecule has 3 aliphatic carbocycles. The second-order valence-corrected chi connectivity index (χ2v) is 14.8. The van der Waals surface area contributed by atoms with Gasteiger partial charge < -0.3 is 34.6 Å². The number of hydrogen-bond acceptors (Lipinski definition) is 8. The van der Waals surface area contributed by atoms with Crippen molar-refractivity contribution >= 4 is 17.4 Å². The van der Waals surface area contributed by atoms with Gasteiger partial charge in [0.25, 0.3) is 5.97 Å². The molecule has 9 heteroatoms. The minimum atomic E-state index is -2.45. The summed E-state index contributed by atoms with van der Waals surface area (Å²) < 4.78 is 20.5. The number of fused-ring (bicyclic) bond motifs is 2. The van der Waals surface area contributed by atoms with E-state index in [0.29, 0.717) is 12.8 Å². The maximum absolute atomic E-state index is 13.6. The molecule has 0 aromatic rings. The zero-order valence-corrected chi connectivity index (χ0v) is 27.2. The second-order valence-electron chi connectivity index (χ2n) is 14.3. The van der Waals surface area contributed by atoms with Gasteiger partial charge in [-0.25, -0.2) is 0 Å². The fourth-order valence-corrected chi connectivity index (χ4v) is 9.67. The zero-order chi connectivity index (χ0) is 31.4. The predicted octanol–water partition coefficient (Wildman–Crippen LogP) is 5.08. The molecule has 11 unspecified atom stereocenters. The van der Waals surface area contributed by atoms with Gasteiger partial charge in [0, 0.05) is 18.3 Å². The van der Waals surface area contributed by atoms with Crippen LogP contribution in [0.15, 0.2) is 23.8 Å². The van der Waals surface area contributed by atoms with E-state index in [0.717, 1.165) is 24.8 Å². The van der Waals surface area contributed by atoms with Crippen LogP contribution >= 0.6 is 11.6 Å². The second kappa shape index (κ2) is 12.1. The predicted molar refractivity (Wildman–Crippen MR) is 163 cm³/mol. The summed E-state index contributed by atoms with van der Waals surface area (Å²) in [6.45, 7) is 11.0. The minimum Gasteiger partial charge on any atom is -0.393 e. The summed E-state index contributed by atoms with van der Waals surface area (Å²) in [5.41, 5.74) is -6.19. The number of aliphatic hydroxyl groups excluding tert-OH is 2. The Hall–Kier alpha value is -0.840. The van der Waals surface area contributed by atoms with Crippen LogP contribution in [-0.4, -0.2) is 78.8 Å². The molecule has 5 aliphatic rings. The van der Waals surface area contributed by atoms with Crippen LogP contribution in [0.2, 0.25) is 0 Å². The summed E-state index contributed by atoms with van der Waals surface area (Å²) in [6, 6.07) is 0. The van der Waals surface area contributed by atoms with Crippen molar-refractivity contribution in [1.29, 1.82) is 0 Å². The van der Waals surface area contributed by atoms with Crippen LogP contribution in [0, 0.1) is 17.8 Å². The van der Waals surface area contributed by atoms with Crippen molar-refractivity contribution in [3.05, 3.63) is 23.8 Å². The summed E-state index contributed by atoms with van der Waals surface area (Å²) in [4.78, 5) is 13.6. The largest absolute Gasteiger partial charge is 0.393 e. The SMILES string of the molecule is C=C(C)C12CC(C)C34OC(CCCCCCCCCCCCC)(OC1C3C(Cl)C(O)(CO)C(O)C1(O)C(=O)C(C)=CC14)O2. The highest BCUT2D eigenvalue weighted by atomic mass is 35.5. The lowest BCUT2D eigenvalue weighted by Crippen LogP contribution is -2.72. The third kappa shape index (κ3) is 4.84. The molecule has 0 amide bonds. The standard InChI is InChI=1S/C34H53ClO8/c1-6-7-8-9-10-11-12-13-14-15-16-17-32-41-28-25-26(35)30(39,20-36)29(38)33(40)24(18-22(4)27(33)37)34(25,43-32)23(5)19-31(28,42-32)21(2)3/h18,23-26,28-29,36,38-40H,2,6-17,19-20H2,1,3-5H3. The Kier molecular flexibility index (Phi) is 9.41. The van der Waals surface area contributed by atoms with E-state index in [9.17, 15) is 25.2 Å². The van der Waals surface area contributed by atoms with Crippen LogP contribution in [-0.2, 0) is 19.0 Å². The van der Waals surface area contributed by atoms with Crippen LogP contribution in [0.3, 0.4) is 0 Å². The first-order chi connectivity index (χ1) is 20.3. The van der Waals surface area contributed by atoms with Crippen LogP contribution in [0.5, 0.6) is 0 Å². The number of Topliss-reactive ketones (excluding diaryl/α,β-unsaturated/α-hetero) is 1. The first-order valence-corrected chi connectivity index (χ1v) is 17.1. The van der Waals surface area contributed by atoms with Crippen molar-refractivity contribution in [2.45, 2.75) is 157 Å². The van der Waals surface area contributed by atoms with Gasteiger partial charge in [-0.15, -0.1) is 11.6 Å². The van der Waals surface area contributed by atoms with E-state index in [2.05, 4.69) is 13.5 Å². The average molecular weight is 625 g/mol. The molecule has 0 aromatic carbocycles. The van der Waals surface area contributed by atoms with Crippen LogP contribution in [0.4, 0.5) is 0 Å². The molecule has 5 rings (SSSR count). The number of hydrogen-bond donors (Lipinski definition) is 4. The zero-order valence-electron chi connectivity index (χ0n) is 26.4. The molecule has 0 radical (unpaired) electrons. The van der Waals surface area contributed by atoms with E-state index < -0.39 is 70.2 Å². The Morgan fingerprint density at radius 2 is 1.63 bits per heavy atom. The number of alkyl halides is 1. The van der Waals surface area contributed by atoms with Gasteiger partial charge in [0.05, 0.1) is 17.6 Å². The quantitative estimate of drug-likeness (QED) is 0.120. The third-order valence-electron chi connectivity index (χ3n) is 11.5. The van der Waals surface area contributed by atoms with E-state index in [1.54, 1.807) is 13.0 Å². The van der Waals surface area contributed by atoms with E-state index in [1.807, 2.05) is 13.8 Å². The van der Waals surface area contributed by atoms with Crippen molar-refractivity contribution in [3.63, 3.8) is 0 Å². The molecule has 8 nitrogen and oxygen atoms in total. The summed E-state index contributed by atoms with van der Waals surface area (Å²) in [5.74, 6) is -4.39. The van der Waals surface area contributed by atoms with E-state index in [4.69, 9.17) is 25.8 Å². The van der Waals surface area contributed by atoms with Gasteiger partial charge in [0.15, 0.2) is 11.4 Å². The lowest BCUT2D eigenvalue weighted by atomic mass is 9.54. The Morgan fingerprint density at radius 3 is 2.19 bits per heavy atom. The summed E-state index contributed by atoms with van der Waals surface area (Å²) >= 11 is 7.08. The molecule has 4 fully saturated rings. The number of aliphatic hydroxyl groups is 4. The molecule has 2 aliphatic heterocycles. The molecule has 11 atom stereocenters. The van der Waals surface area contributed by atoms with Gasteiger partial charge in [-0.3, -0.25) is 4.79 Å². The topological polar surface area (TPSA) is 126 Å². The summed E-state index contributed by atoms with van der Waals surface area (Å²) in [5, 5.41) is 44.5. The number of halogens is 1. The smallest absolute Gasteiger partial charge is 0.284 e. The fraction of sp³-hybridized carbons (Fsp3) is 0.853. The maximum atomic E-state index is 13.6. The highest BCUT2D eigenvalue weighted by molar-refractivity contribution is 6.22. The minimum absolute atomic E-state index is 0.264. The molecule has 3 bridgehead atoms. The molecule has 43 heavy (non-hydrogen) atoms. The lowest BCUT2D eigenvalue weighted by Gasteiger charge is -2.60. The average Bonchev–Trinajstić information content (AvgIpc) is 3.32. The monoisotopic (exact) mass is 624 g/mol. The molecule has 2 saturated carbocycles.